The minimum absolute atomic E-state index is 0.157. The van der Waals surface area contributed by atoms with Crippen LogP contribution in [0.1, 0.15) is 25.5 Å². The van der Waals surface area contributed by atoms with Crippen LogP contribution in [-0.4, -0.2) is 46.8 Å². The molecule has 4 heteroatoms. The van der Waals surface area contributed by atoms with Gasteiger partial charge in [0.1, 0.15) is 12.2 Å². The maximum atomic E-state index is 10.3. The van der Waals surface area contributed by atoms with E-state index in [1.807, 2.05) is 12.1 Å². The molecule has 0 radical (unpaired) electrons. The topological polar surface area (TPSA) is 45.6 Å². The van der Waals surface area contributed by atoms with Crippen LogP contribution >= 0.6 is 0 Å². The van der Waals surface area contributed by atoms with Crippen LogP contribution < -0.4 is 0 Å². The van der Waals surface area contributed by atoms with Crippen LogP contribution in [0.15, 0.2) is 24.5 Å². The van der Waals surface area contributed by atoms with Gasteiger partial charge >= 0.3 is 0 Å². The van der Waals surface area contributed by atoms with Crippen LogP contribution in [0.2, 0.25) is 0 Å². The lowest BCUT2D eigenvalue weighted by Crippen LogP contribution is -2.47. The molecular formula is C13H20N2O2. The van der Waals surface area contributed by atoms with Crippen molar-refractivity contribution in [3.05, 3.63) is 30.1 Å². The molecule has 2 heterocycles. The summed E-state index contributed by atoms with van der Waals surface area (Å²) in [5.41, 5.74) is 0.822. The second-order valence-corrected chi connectivity index (χ2v) is 4.73. The summed E-state index contributed by atoms with van der Waals surface area (Å²) in [5, 5.41) is 10.3. The standard InChI is InChI=1S/C13H20N2O2/c1-10(2)15-6-7-17-12(9-15)13(16)11-4-3-5-14-8-11/h3-5,8,10,12-13,16H,6-7,9H2,1-2H3. The molecule has 1 fully saturated rings. The number of hydrogen-bond donors (Lipinski definition) is 1. The van der Waals surface area contributed by atoms with E-state index in [9.17, 15) is 5.11 Å². The minimum Gasteiger partial charge on any atom is -0.386 e. The lowest BCUT2D eigenvalue weighted by molar-refractivity contribution is -0.0962. The van der Waals surface area contributed by atoms with Crippen molar-refractivity contribution in [1.82, 2.24) is 9.88 Å². The normalized spacial score (nSPS) is 23.9. The van der Waals surface area contributed by atoms with Gasteiger partial charge in [-0.25, -0.2) is 0 Å². The van der Waals surface area contributed by atoms with E-state index in [-0.39, 0.29) is 6.10 Å². The zero-order valence-corrected chi connectivity index (χ0v) is 10.4. The van der Waals surface area contributed by atoms with Crippen LogP contribution in [0.4, 0.5) is 0 Å². The lowest BCUT2D eigenvalue weighted by Gasteiger charge is -2.37. The molecule has 1 aliphatic heterocycles. The van der Waals surface area contributed by atoms with E-state index in [1.165, 1.54) is 0 Å². The van der Waals surface area contributed by atoms with Gasteiger partial charge in [-0.05, 0) is 19.9 Å². The molecule has 1 saturated heterocycles. The molecule has 2 unspecified atom stereocenters. The Bertz CT molecular complexity index is 343. The van der Waals surface area contributed by atoms with Gasteiger partial charge < -0.3 is 9.84 Å². The van der Waals surface area contributed by atoms with E-state index in [2.05, 4.69) is 23.7 Å². The number of hydrogen-bond acceptors (Lipinski definition) is 4. The monoisotopic (exact) mass is 236 g/mol. The van der Waals surface area contributed by atoms with Crippen molar-refractivity contribution >= 4 is 0 Å². The molecule has 0 aliphatic carbocycles. The van der Waals surface area contributed by atoms with Crippen LogP contribution in [-0.2, 0) is 4.74 Å². The molecule has 0 aromatic carbocycles. The molecule has 0 amide bonds. The van der Waals surface area contributed by atoms with E-state index in [4.69, 9.17) is 4.74 Å². The summed E-state index contributed by atoms with van der Waals surface area (Å²) < 4.78 is 5.66. The summed E-state index contributed by atoms with van der Waals surface area (Å²) in [6.07, 6.45) is 2.65. The van der Waals surface area contributed by atoms with Gasteiger partial charge in [-0.15, -0.1) is 0 Å². The first-order chi connectivity index (χ1) is 8.18. The molecule has 1 N–H and O–H groups in total. The molecule has 0 saturated carbocycles. The molecule has 4 nitrogen and oxygen atoms in total. The number of aromatic nitrogens is 1. The smallest absolute Gasteiger partial charge is 0.108 e. The van der Waals surface area contributed by atoms with Crippen molar-refractivity contribution in [2.24, 2.45) is 0 Å². The van der Waals surface area contributed by atoms with Crippen LogP contribution in [0.25, 0.3) is 0 Å². The van der Waals surface area contributed by atoms with Gasteiger partial charge in [-0.3, -0.25) is 9.88 Å². The van der Waals surface area contributed by atoms with E-state index in [0.29, 0.717) is 12.6 Å². The second kappa shape index (κ2) is 5.58. The quantitative estimate of drug-likeness (QED) is 0.857. The Balaban J connectivity index is 2.02. The Hall–Kier alpha value is -0.970. The molecule has 0 bridgehead atoms. The Morgan fingerprint density at radius 1 is 1.53 bits per heavy atom. The number of pyridine rings is 1. The Morgan fingerprint density at radius 3 is 3.00 bits per heavy atom. The van der Waals surface area contributed by atoms with Crippen molar-refractivity contribution in [3.8, 4) is 0 Å². The highest BCUT2D eigenvalue weighted by Crippen LogP contribution is 2.22. The van der Waals surface area contributed by atoms with E-state index in [1.54, 1.807) is 12.4 Å². The lowest BCUT2D eigenvalue weighted by atomic mass is 10.0. The number of aliphatic hydroxyl groups excluding tert-OH is 1. The molecule has 1 aliphatic rings. The minimum atomic E-state index is -0.592. The number of ether oxygens (including phenoxy) is 1. The first kappa shape index (κ1) is 12.5. The molecule has 94 valence electrons. The third-order valence-electron chi connectivity index (χ3n) is 3.23. The SMILES string of the molecule is CC(C)N1CCOC(C(O)c2cccnc2)C1. The summed E-state index contributed by atoms with van der Waals surface area (Å²) in [6, 6.07) is 4.21. The van der Waals surface area contributed by atoms with Crippen molar-refractivity contribution in [1.29, 1.82) is 0 Å². The van der Waals surface area contributed by atoms with E-state index in [0.717, 1.165) is 18.7 Å². The fourth-order valence-electron chi connectivity index (χ4n) is 2.12. The Morgan fingerprint density at radius 2 is 2.35 bits per heavy atom. The maximum Gasteiger partial charge on any atom is 0.108 e. The maximum absolute atomic E-state index is 10.3. The van der Waals surface area contributed by atoms with Gasteiger partial charge in [0.25, 0.3) is 0 Å². The van der Waals surface area contributed by atoms with Gasteiger partial charge in [-0.2, -0.15) is 0 Å². The largest absolute Gasteiger partial charge is 0.386 e. The zero-order valence-electron chi connectivity index (χ0n) is 10.4. The zero-order chi connectivity index (χ0) is 12.3. The van der Waals surface area contributed by atoms with Gasteiger partial charge in [-0.1, -0.05) is 6.07 Å². The predicted octanol–water partition coefficient (Wildman–Crippen LogP) is 1.22. The van der Waals surface area contributed by atoms with Crippen molar-refractivity contribution < 1.29 is 9.84 Å². The second-order valence-electron chi connectivity index (χ2n) is 4.73. The number of aliphatic hydroxyl groups is 1. The third kappa shape index (κ3) is 3.03. The molecule has 2 rings (SSSR count). The fourth-order valence-corrected chi connectivity index (χ4v) is 2.12. The van der Waals surface area contributed by atoms with Crippen LogP contribution in [0.5, 0.6) is 0 Å². The van der Waals surface area contributed by atoms with Crippen molar-refractivity contribution in [2.75, 3.05) is 19.7 Å². The predicted molar refractivity (Wildman–Crippen MR) is 65.6 cm³/mol. The van der Waals surface area contributed by atoms with E-state index >= 15 is 0 Å². The van der Waals surface area contributed by atoms with Gasteiger partial charge in [0.15, 0.2) is 0 Å². The number of nitrogens with zero attached hydrogens (tertiary/aromatic N) is 2. The van der Waals surface area contributed by atoms with Gasteiger partial charge in [0.05, 0.1) is 6.61 Å². The highest BCUT2D eigenvalue weighted by atomic mass is 16.5. The Kier molecular flexibility index (Phi) is 4.10. The van der Waals surface area contributed by atoms with E-state index < -0.39 is 6.10 Å². The average molecular weight is 236 g/mol. The van der Waals surface area contributed by atoms with Crippen LogP contribution in [0.3, 0.4) is 0 Å². The first-order valence-corrected chi connectivity index (χ1v) is 6.12. The highest BCUT2D eigenvalue weighted by Gasteiger charge is 2.28. The number of rotatable bonds is 3. The average Bonchev–Trinajstić information content (AvgIpc) is 2.39. The van der Waals surface area contributed by atoms with Crippen molar-refractivity contribution in [3.63, 3.8) is 0 Å². The van der Waals surface area contributed by atoms with Gasteiger partial charge in [0, 0.05) is 37.1 Å². The highest BCUT2D eigenvalue weighted by molar-refractivity contribution is 5.13. The van der Waals surface area contributed by atoms with Gasteiger partial charge in [0.2, 0.25) is 0 Å². The summed E-state index contributed by atoms with van der Waals surface area (Å²) in [6.45, 7) is 6.72. The first-order valence-electron chi connectivity index (χ1n) is 6.12. The molecule has 1 aromatic heterocycles. The molecular weight excluding hydrogens is 216 g/mol. The summed E-state index contributed by atoms with van der Waals surface area (Å²) in [7, 11) is 0. The molecule has 1 aromatic rings. The fraction of sp³-hybridized carbons (Fsp3) is 0.615. The summed E-state index contributed by atoms with van der Waals surface area (Å²) >= 11 is 0. The Labute approximate surface area is 102 Å². The molecule has 17 heavy (non-hydrogen) atoms. The third-order valence-corrected chi connectivity index (χ3v) is 3.23. The van der Waals surface area contributed by atoms with Crippen LogP contribution in [0, 0.1) is 0 Å². The number of morpholine rings is 1. The summed E-state index contributed by atoms with van der Waals surface area (Å²) in [5.74, 6) is 0. The summed E-state index contributed by atoms with van der Waals surface area (Å²) in [4.78, 5) is 6.35. The molecule has 0 spiro atoms. The molecule has 2 atom stereocenters. The van der Waals surface area contributed by atoms with Crippen molar-refractivity contribution in [2.45, 2.75) is 32.1 Å².